The predicted octanol–water partition coefficient (Wildman–Crippen LogP) is 20.8. The van der Waals surface area contributed by atoms with E-state index in [2.05, 4.69) is 111 Å². The van der Waals surface area contributed by atoms with Crippen molar-refractivity contribution in [3.8, 4) is 0 Å². The Bertz CT molecular complexity index is 3220. The number of rotatable bonds is 32. The fourth-order valence-electron chi connectivity index (χ4n) is 12.5. The summed E-state index contributed by atoms with van der Waals surface area (Å²) in [6.45, 7) is 48.6. The van der Waals surface area contributed by atoms with E-state index in [9.17, 15) is 33.6 Å². The second kappa shape index (κ2) is 57.8. The number of anilines is 3. The number of carbonyl (C=O) groups is 7. The van der Waals surface area contributed by atoms with Crippen molar-refractivity contribution >= 4 is 58.4 Å². The SMILES string of the molecule is C=C(C)C(=O)N(C)C.C=CC(=O)N(C)c1ccccc1.C=CC(=O)N(C1CCCCC1)C1CCCCC1.C=CC(=O)N(CC(C)C)CC(C)C.C=CC(=O)N(CC(CC)CCCC)CC(CC)CCCC.C=CC(=O)N(Cc1ccccc1)Cc1ccccc1.C=CC(=O)N(c1ccccc1)c1ccccc1. The van der Waals surface area contributed by atoms with Crippen LogP contribution >= 0.6 is 0 Å². The molecule has 2 atom stereocenters. The lowest BCUT2D eigenvalue weighted by atomic mass is 9.88. The molecule has 0 N–H and O–H groups in total. The predicted molar refractivity (Wildman–Crippen MR) is 452 cm³/mol. The van der Waals surface area contributed by atoms with Crippen LogP contribution in [0.2, 0.25) is 0 Å². The first kappa shape index (κ1) is 95.6. The maximum atomic E-state index is 12.2. The van der Waals surface area contributed by atoms with Crippen molar-refractivity contribution < 1.29 is 33.6 Å². The number of benzene rings is 5. The van der Waals surface area contributed by atoms with Gasteiger partial charge in [0.25, 0.3) is 5.91 Å². The smallest absolute Gasteiger partial charge is 0.254 e. The third-order valence-corrected chi connectivity index (χ3v) is 18.3. The van der Waals surface area contributed by atoms with Gasteiger partial charge in [0.05, 0.1) is 0 Å². The van der Waals surface area contributed by atoms with Gasteiger partial charge in [-0.15, -0.1) is 0 Å². The van der Waals surface area contributed by atoms with E-state index < -0.39 is 0 Å². The topological polar surface area (TPSA) is 142 Å². The first-order valence-corrected chi connectivity index (χ1v) is 39.0. The molecule has 584 valence electrons. The molecule has 7 rings (SSSR count). The van der Waals surface area contributed by atoms with Gasteiger partial charge in [0, 0.05) is 95.1 Å². The number of hydrogen-bond acceptors (Lipinski definition) is 7. The molecular formula is C93H135N7O7. The van der Waals surface area contributed by atoms with Gasteiger partial charge < -0.3 is 29.4 Å². The van der Waals surface area contributed by atoms with Crippen molar-refractivity contribution in [1.82, 2.24) is 24.5 Å². The number of carbonyl (C=O) groups excluding carboxylic acids is 7. The summed E-state index contributed by atoms with van der Waals surface area (Å²) in [6.07, 6.45) is 30.8. The van der Waals surface area contributed by atoms with E-state index in [0.29, 0.717) is 54.4 Å². The quantitative estimate of drug-likeness (QED) is 0.0390. The Morgan fingerprint density at radius 2 is 0.710 bits per heavy atom. The van der Waals surface area contributed by atoms with Crippen LogP contribution in [0.4, 0.5) is 17.1 Å². The van der Waals surface area contributed by atoms with E-state index in [4.69, 9.17) is 0 Å². The highest BCUT2D eigenvalue weighted by Crippen LogP contribution is 2.31. The lowest BCUT2D eigenvalue weighted by molar-refractivity contribution is -0.132. The van der Waals surface area contributed by atoms with Gasteiger partial charge in [0.2, 0.25) is 35.4 Å². The van der Waals surface area contributed by atoms with Gasteiger partial charge in [-0.05, 0) is 153 Å². The minimum Gasteiger partial charge on any atom is -0.345 e. The van der Waals surface area contributed by atoms with Crippen molar-refractivity contribution in [2.24, 2.45) is 23.7 Å². The van der Waals surface area contributed by atoms with E-state index in [0.717, 1.165) is 67.2 Å². The summed E-state index contributed by atoms with van der Waals surface area (Å²) < 4.78 is 0. The minimum absolute atomic E-state index is 0.00926. The zero-order chi connectivity index (χ0) is 79.9. The van der Waals surface area contributed by atoms with Gasteiger partial charge in [0.1, 0.15) is 0 Å². The molecule has 2 aliphatic rings. The normalized spacial score (nSPS) is 12.6. The van der Waals surface area contributed by atoms with E-state index in [1.165, 1.54) is 144 Å². The van der Waals surface area contributed by atoms with Gasteiger partial charge in [-0.25, -0.2) is 0 Å². The number of para-hydroxylation sites is 3. The van der Waals surface area contributed by atoms with Crippen molar-refractivity contribution in [3.05, 3.63) is 251 Å². The van der Waals surface area contributed by atoms with Crippen LogP contribution in [0.3, 0.4) is 0 Å². The molecule has 2 unspecified atom stereocenters. The molecule has 2 fully saturated rings. The summed E-state index contributed by atoms with van der Waals surface area (Å²) >= 11 is 0. The molecular weight excluding hydrogens is 1330 g/mol. The van der Waals surface area contributed by atoms with Crippen molar-refractivity contribution in [3.63, 3.8) is 0 Å². The van der Waals surface area contributed by atoms with Crippen LogP contribution in [0.5, 0.6) is 0 Å². The van der Waals surface area contributed by atoms with Crippen molar-refractivity contribution in [2.75, 3.05) is 57.1 Å². The minimum atomic E-state index is -0.137. The first-order chi connectivity index (χ1) is 51.3. The zero-order valence-electron chi connectivity index (χ0n) is 67.8. The molecule has 0 spiro atoms. The fraction of sp³-hybridized carbons (Fsp3) is 0.452. The van der Waals surface area contributed by atoms with E-state index >= 15 is 0 Å². The molecule has 7 amide bonds. The summed E-state index contributed by atoms with van der Waals surface area (Å²) in [6, 6.07) is 49.4. The lowest BCUT2D eigenvalue weighted by Crippen LogP contribution is -2.48. The Balaban J connectivity index is 0.000000634. The molecule has 5 aromatic carbocycles. The Hall–Kier alpha value is -9.43. The third-order valence-electron chi connectivity index (χ3n) is 18.3. The zero-order valence-corrected chi connectivity index (χ0v) is 67.8. The first-order valence-electron chi connectivity index (χ1n) is 39.0. The molecule has 14 heteroatoms. The fourth-order valence-corrected chi connectivity index (χ4v) is 12.5. The molecule has 0 aliphatic heterocycles. The van der Waals surface area contributed by atoms with Crippen LogP contribution in [-0.2, 0) is 46.7 Å². The Morgan fingerprint density at radius 1 is 0.402 bits per heavy atom. The van der Waals surface area contributed by atoms with Crippen molar-refractivity contribution in [2.45, 2.75) is 203 Å². The highest BCUT2D eigenvalue weighted by atomic mass is 16.2. The maximum absolute atomic E-state index is 12.2. The summed E-state index contributed by atoms with van der Waals surface area (Å²) in [5.74, 6) is 2.34. The Labute approximate surface area is 647 Å². The summed E-state index contributed by atoms with van der Waals surface area (Å²) in [7, 11) is 5.13. The lowest BCUT2D eigenvalue weighted by Gasteiger charge is -2.41. The average Bonchev–Trinajstić information content (AvgIpc) is 0.838. The molecule has 0 aromatic heterocycles. The number of amides is 7. The van der Waals surface area contributed by atoms with Crippen LogP contribution in [0, 0.1) is 23.7 Å². The molecule has 5 aromatic rings. The van der Waals surface area contributed by atoms with E-state index in [-0.39, 0.29) is 41.4 Å². The molecule has 2 aliphatic carbocycles. The van der Waals surface area contributed by atoms with Crippen LogP contribution in [-0.4, -0.2) is 125 Å². The molecule has 0 bridgehead atoms. The largest absolute Gasteiger partial charge is 0.345 e. The van der Waals surface area contributed by atoms with Gasteiger partial charge in [-0.3, -0.25) is 38.5 Å². The van der Waals surface area contributed by atoms with Crippen LogP contribution < -0.4 is 9.80 Å². The van der Waals surface area contributed by atoms with Gasteiger partial charge in [-0.2, -0.15) is 0 Å². The second-order valence-corrected chi connectivity index (χ2v) is 28.4. The van der Waals surface area contributed by atoms with E-state index in [1.54, 1.807) is 42.8 Å². The third kappa shape index (κ3) is 40.2. The molecule has 2 saturated carbocycles. The summed E-state index contributed by atoms with van der Waals surface area (Å²) in [5, 5.41) is 0. The van der Waals surface area contributed by atoms with Gasteiger partial charge >= 0.3 is 0 Å². The van der Waals surface area contributed by atoms with Gasteiger partial charge in [0.15, 0.2) is 0 Å². The molecule has 14 nitrogen and oxygen atoms in total. The summed E-state index contributed by atoms with van der Waals surface area (Å²) in [4.78, 5) is 93.9. The second-order valence-electron chi connectivity index (χ2n) is 28.4. The molecule has 0 heterocycles. The number of likely N-dealkylation sites (N-methyl/N-ethyl adjacent to an activating group) is 2. The standard InChI is InChI=1S/C19H37NO.C17H17NO.C15H25NO.C15H13NO.C11H21NO.C10H11NO.C6H11NO/c1-6-11-13-17(8-3)15-20(19(21)10-5)16-18(9-4)14-12-7-2;1-2-17(19)18(13-15-9-5-3-6-10-15)14-16-11-7-4-8-12-16;2*1-2-15(17)16(13-9-5-3-6-10-13)14-11-7-4-8-12-14;1-6-11(13)12(7-9(2)3)8-10(4)5;1-3-10(12)11(2)9-7-5-4-6-8-9;1-5(2)6(8)7(3)4/h10,17-18H,5-9,11-16H2,1-4H3;2-12H,1,13-14H2;2,13-14H,1,3-12H2;2-12H,1H2;6,9-10H,1,7-8H2,2-5H3;3-8H,1H2,2H3;1H2,2-4H3. The highest BCUT2D eigenvalue weighted by Gasteiger charge is 2.31. The monoisotopic (exact) mass is 1460 g/mol. The van der Waals surface area contributed by atoms with Gasteiger partial charge in [-0.1, -0.05) is 294 Å². The van der Waals surface area contributed by atoms with Crippen LogP contribution in [0.1, 0.15) is 189 Å². The number of hydrogen-bond donors (Lipinski definition) is 0. The van der Waals surface area contributed by atoms with Crippen LogP contribution in [0.25, 0.3) is 0 Å². The Kier molecular flexibility index (Phi) is 51.6. The number of unbranched alkanes of at least 4 members (excludes halogenated alkanes) is 2. The molecule has 107 heavy (non-hydrogen) atoms. The number of nitrogens with zero attached hydrogens (tertiary/aromatic N) is 7. The Morgan fingerprint density at radius 3 is 0.991 bits per heavy atom. The molecule has 0 radical (unpaired) electrons. The summed E-state index contributed by atoms with van der Waals surface area (Å²) in [5.41, 5.74) is 5.37. The van der Waals surface area contributed by atoms with Crippen LogP contribution in [0.15, 0.2) is 240 Å². The average molecular weight is 1460 g/mol. The van der Waals surface area contributed by atoms with Crippen molar-refractivity contribution in [1.29, 1.82) is 0 Å². The molecule has 0 saturated heterocycles. The maximum Gasteiger partial charge on any atom is 0.254 e. The highest BCUT2D eigenvalue weighted by molar-refractivity contribution is 6.06. The van der Waals surface area contributed by atoms with E-state index in [1.807, 2.05) is 157 Å².